The van der Waals surface area contributed by atoms with Crippen molar-refractivity contribution in [1.82, 2.24) is 25.1 Å². The summed E-state index contributed by atoms with van der Waals surface area (Å²) in [5, 5.41) is 18.0. The SMILES string of the molecule is CC1(c2nn3c(C4CCC4)nnc3s2)CCNC1. The molecule has 96 valence electrons. The van der Waals surface area contributed by atoms with E-state index in [1.165, 1.54) is 24.3 Å². The van der Waals surface area contributed by atoms with Gasteiger partial charge in [0.25, 0.3) is 0 Å². The van der Waals surface area contributed by atoms with Crippen molar-refractivity contribution in [2.24, 2.45) is 0 Å². The second-order valence-electron chi connectivity index (χ2n) is 5.78. The van der Waals surface area contributed by atoms with E-state index in [0.29, 0.717) is 5.92 Å². The molecule has 3 heterocycles. The third kappa shape index (κ3) is 1.45. The number of nitrogens with zero attached hydrogens (tertiary/aromatic N) is 4. The van der Waals surface area contributed by atoms with Crippen LogP contribution in [0.15, 0.2) is 0 Å². The predicted molar refractivity (Wildman–Crippen MR) is 70.1 cm³/mol. The maximum absolute atomic E-state index is 4.80. The van der Waals surface area contributed by atoms with Crippen LogP contribution in [-0.4, -0.2) is 32.9 Å². The molecule has 1 aliphatic heterocycles. The molecule has 0 spiro atoms. The Labute approximate surface area is 110 Å². The molecule has 2 aromatic heterocycles. The van der Waals surface area contributed by atoms with Crippen molar-refractivity contribution in [3.8, 4) is 0 Å². The monoisotopic (exact) mass is 263 g/mol. The van der Waals surface area contributed by atoms with Crippen LogP contribution in [0.1, 0.15) is 49.4 Å². The van der Waals surface area contributed by atoms with Crippen molar-refractivity contribution in [1.29, 1.82) is 0 Å². The van der Waals surface area contributed by atoms with Crippen molar-refractivity contribution >= 4 is 16.3 Å². The standard InChI is InChI=1S/C12H17N5S/c1-12(5-6-13-7-12)10-16-17-9(8-3-2-4-8)14-15-11(17)18-10/h8,13H,2-7H2,1H3. The predicted octanol–water partition coefficient (Wildman–Crippen LogP) is 1.70. The average molecular weight is 263 g/mol. The maximum atomic E-state index is 4.80. The lowest BCUT2D eigenvalue weighted by molar-refractivity contribution is 0.393. The quantitative estimate of drug-likeness (QED) is 0.896. The second-order valence-corrected chi connectivity index (χ2v) is 6.73. The van der Waals surface area contributed by atoms with Gasteiger partial charge in [0, 0.05) is 17.9 Å². The van der Waals surface area contributed by atoms with Gasteiger partial charge < -0.3 is 5.32 Å². The van der Waals surface area contributed by atoms with Gasteiger partial charge in [0.15, 0.2) is 5.82 Å². The second kappa shape index (κ2) is 3.74. The van der Waals surface area contributed by atoms with Gasteiger partial charge in [-0.05, 0) is 25.8 Å². The van der Waals surface area contributed by atoms with Crippen LogP contribution >= 0.6 is 11.3 Å². The molecule has 6 heteroatoms. The molecule has 0 radical (unpaired) electrons. The molecule has 1 saturated heterocycles. The first-order chi connectivity index (χ1) is 8.76. The third-order valence-electron chi connectivity index (χ3n) is 4.37. The van der Waals surface area contributed by atoms with Crippen molar-refractivity contribution in [2.75, 3.05) is 13.1 Å². The van der Waals surface area contributed by atoms with Crippen LogP contribution in [0, 0.1) is 0 Å². The van der Waals surface area contributed by atoms with Crippen molar-refractivity contribution in [3.05, 3.63) is 10.8 Å². The van der Waals surface area contributed by atoms with Gasteiger partial charge >= 0.3 is 0 Å². The molecular formula is C12H17N5S. The number of rotatable bonds is 2. The highest BCUT2D eigenvalue weighted by molar-refractivity contribution is 7.16. The Kier molecular flexibility index (Phi) is 2.26. The van der Waals surface area contributed by atoms with Crippen LogP contribution in [-0.2, 0) is 5.41 Å². The molecule has 4 rings (SSSR count). The number of aromatic nitrogens is 4. The molecule has 1 unspecified atom stereocenters. The fourth-order valence-corrected chi connectivity index (χ4v) is 3.82. The summed E-state index contributed by atoms with van der Waals surface area (Å²) in [7, 11) is 0. The largest absolute Gasteiger partial charge is 0.316 e. The molecule has 1 atom stereocenters. The molecule has 2 aromatic rings. The highest BCUT2D eigenvalue weighted by Crippen LogP contribution is 2.37. The lowest BCUT2D eigenvalue weighted by Gasteiger charge is -2.22. The number of hydrogen-bond donors (Lipinski definition) is 1. The van der Waals surface area contributed by atoms with Crippen molar-refractivity contribution in [2.45, 2.75) is 43.9 Å². The summed E-state index contributed by atoms with van der Waals surface area (Å²) < 4.78 is 1.99. The first-order valence-corrected chi connectivity index (χ1v) is 7.51. The molecule has 2 fully saturated rings. The molecule has 0 amide bonds. The van der Waals surface area contributed by atoms with Crippen molar-refractivity contribution < 1.29 is 0 Å². The van der Waals surface area contributed by atoms with Gasteiger partial charge in [-0.1, -0.05) is 24.7 Å². The van der Waals surface area contributed by atoms with Crippen LogP contribution in [0.3, 0.4) is 0 Å². The summed E-state index contributed by atoms with van der Waals surface area (Å²) in [6.45, 7) is 4.41. The van der Waals surface area contributed by atoms with Crippen LogP contribution in [0.2, 0.25) is 0 Å². The van der Waals surface area contributed by atoms with E-state index < -0.39 is 0 Å². The summed E-state index contributed by atoms with van der Waals surface area (Å²) in [6, 6.07) is 0. The van der Waals surface area contributed by atoms with Gasteiger partial charge in [0.2, 0.25) is 4.96 Å². The van der Waals surface area contributed by atoms with Gasteiger partial charge in [-0.25, -0.2) is 0 Å². The van der Waals surface area contributed by atoms with Crippen LogP contribution < -0.4 is 5.32 Å². The number of hydrogen-bond acceptors (Lipinski definition) is 5. The Morgan fingerprint density at radius 1 is 1.39 bits per heavy atom. The lowest BCUT2D eigenvalue weighted by atomic mass is 9.85. The van der Waals surface area contributed by atoms with Crippen LogP contribution in [0.25, 0.3) is 4.96 Å². The molecule has 1 saturated carbocycles. The first-order valence-electron chi connectivity index (χ1n) is 6.70. The summed E-state index contributed by atoms with van der Waals surface area (Å²) in [4.78, 5) is 0.958. The van der Waals surface area contributed by atoms with Gasteiger partial charge in [0.05, 0.1) is 0 Å². The van der Waals surface area contributed by atoms with E-state index >= 15 is 0 Å². The summed E-state index contributed by atoms with van der Waals surface area (Å²) in [5.41, 5.74) is 0.183. The van der Waals surface area contributed by atoms with Crippen molar-refractivity contribution in [3.63, 3.8) is 0 Å². The van der Waals surface area contributed by atoms with Gasteiger partial charge in [-0.2, -0.15) is 9.61 Å². The fourth-order valence-electron chi connectivity index (χ4n) is 2.80. The van der Waals surface area contributed by atoms with E-state index in [1.54, 1.807) is 11.3 Å². The molecule has 0 aromatic carbocycles. The maximum Gasteiger partial charge on any atom is 0.234 e. The van der Waals surface area contributed by atoms with Crippen LogP contribution in [0.4, 0.5) is 0 Å². The zero-order valence-corrected chi connectivity index (χ0v) is 11.3. The Balaban J connectivity index is 1.77. The molecule has 1 aliphatic carbocycles. The fraction of sp³-hybridized carbons (Fsp3) is 0.750. The third-order valence-corrected chi connectivity index (χ3v) is 5.58. The number of nitrogens with one attached hydrogen (secondary N) is 1. The van der Waals surface area contributed by atoms with Gasteiger partial charge in [0.1, 0.15) is 5.01 Å². The average Bonchev–Trinajstić information content (AvgIpc) is 2.92. The minimum absolute atomic E-state index is 0.183. The molecule has 2 aliphatic rings. The summed E-state index contributed by atoms with van der Waals surface area (Å²) in [6.07, 6.45) is 4.97. The smallest absolute Gasteiger partial charge is 0.234 e. The van der Waals surface area contributed by atoms with E-state index in [4.69, 9.17) is 5.10 Å². The Morgan fingerprint density at radius 3 is 2.94 bits per heavy atom. The summed E-state index contributed by atoms with van der Waals surface area (Å²) in [5.74, 6) is 1.66. The van der Waals surface area contributed by atoms with E-state index in [2.05, 4.69) is 22.4 Å². The Hall–Kier alpha value is -1.01. The normalized spacial score (nSPS) is 28.9. The topological polar surface area (TPSA) is 55.1 Å². The zero-order valence-electron chi connectivity index (χ0n) is 10.5. The number of fused-ring (bicyclic) bond motifs is 1. The minimum Gasteiger partial charge on any atom is -0.316 e. The Bertz CT molecular complexity index is 576. The van der Waals surface area contributed by atoms with E-state index in [-0.39, 0.29) is 5.41 Å². The highest BCUT2D eigenvalue weighted by Gasteiger charge is 2.35. The molecule has 5 nitrogen and oxygen atoms in total. The van der Waals surface area contributed by atoms with Gasteiger partial charge in [-0.15, -0.1) is 10.2 Å². The summed E-state index contributed by atoms with van der Waals surface area (Å²) >= 11 is 1.70. The molecular weight excluding hydrogens is 246 g/mol. The van der Waals surface area contributed by atoms with E-state index in [1.807, 2.05) is 4.52 Å². The first kappa shape index (κ1) is 10.9. The van der Waals surface area contributed by atoms with E-state index in [0.717, 1.165) is 30.3 Å². The molecule has 1 N–H and O–H groups in total. The Morgan fingerprint density at radius 2 is 2.28 bits per heavy atom. The van der Waals surface area contributed by atoms with Crippen LogP contribution in [0.5, 0.6) is 0 Å². The lowest BCUT2D eigenvalue weighted by Crippen LogP contribution is -2.25. The van der Waals surface area contributed by atoms with Gasteiger partial charge in [-0.3, -0.25) is 0 Å². The van der Waals surface area contributed by atoms with E-state index in [9.17, 15) is 0 Å². The minimum atomic E-state index is 0.183. The highest BCUT2D eigenvalue weighted by atomic mass is 32.1. The molecule has 0 bridgehead atoms. The zero-order chi connectivity index (χ0) is 12.2. The molecule has 18 heavy (non-hydrogen) atoms.